The van der Waals surface area contributed by atoms with Gasteiger partial charge in [-0.2, -0.15) is 5.11 Å². The quantitative estimate of drug-likeness (QED) is 0.350. The van der Waals surface area contributed by atoms with Gasteiger partial charge in [-0.3, -0.25) is 9.62 Å². The van der Waals surface area contributed by atoms with Gasteiger partial charge in [0.1, 0.15) is 0 Å². The van der Waals surface area contributed by atoms with Crippen LogP contribution in [0.4, 0.5) is 11.4 Å². The second-order valence-electron chi connectivity index (χ2n) is 8.14. The molecule has 0 amide bonds. The molecule has 0 aliphatic carbocycles. The van der Waals surface area contributed by atoms with Gasteiger partial charge in [-0.25, -0.2) is 13.9 Å². The summed E-state index contributed by atoms with van der Waals surface area (Å²) in [7, 11) is -3.28. The van der Waals surface area contributed by atoms with E-state index >= 15 is 0 Å². The molecule has 8 heteroatoms. The Morgan fingerprint density at radius 3 is 2.59 bits per heavy atom. The van der Waals surface area contributed by atoms with Crippen LogP contribution in [-0.4, -0.2) is 39.2 Å². The summed E-state index contributed by atoms with van der Waals surface area (Å²) in [6.45, 7) is 6.19. The Morgan fingerprint density at radius 2 is 1.91 bits per heavy atom. The Hall–Kier alpha value is -2.97. The molecule has 2 aromatic rings. The number of sulfonamides is 1. The maximum absolute atomic E-state index is 11.5. The molecule has 0 bridgehead atoms. The van der Waals surface area contributed by atoms with Crippen LogP contribution in [0.25, 0.3) is 0 Å². The first-order chi connectivity index (χ1) is 15.4. The summed E-state index contributed by atoms with van der Waals surface area (Å²) >= 11 is 0. The van der Waals surface area contributed by atoms with E-state index in [-0.39, 0.29) is 0 Å². The van der Waals surface area contributed by atoms with Crippen LogP contribution in [0.3, 0.4) is 0 Å². The minimum absolute atomic E-state index is 0.388. The van der Waals surface area contributed by atoms with Crippen LogP contribution in [-0.2, 0) is 16.4 Å². The first-order valence-corrected chi connectivity index (χ1v) is 12.6. The number of benzene rings is 2. The molecule has 3 N–H and O–H groups in total. The largest absolute Gasteiger partial charge is 0.360 e. The van der Waals surface area contributed by atoms with Gasteiger partial charge in [0.05, 0.1) is 12.0 Å². The molecule has 0 unspecified atom stereocenters. The molecule has 1 aliphatic heterocycles. The molecule has 0 saturated carbocycles. The Labute approximate surface area is 190 Å². The highest BCUT2D eigenvalue weighted by Crippen LogP contribution is 2.30. The third-order valence-electron chi connectivity index (χ3n) is 5.49. The fourth-order valence-corrected chi connectivity index (χ4v) is 4.51. The Kier molecular flexibility index (Phi) is 8.19. The number of nitrogens with zero attached hydrogens (tertiary/aromatic N) is 2. The van der Waals surface area contributed by atoms with E-state index in [0.717, 1.165) is 49.9 Å². The maximum atomic E-state index is 11.5. The third-order valence-corrected chi connectivity index (χ3v) is 6.10. The van der Waals surface area contributed by atoms with Crippen LogP contribution >= 0.6 is 0 Å². The molecule has 2 aromatic carbocycles. The maximum Gasteiger partial charge on any atom is 0.229 e. The van der Waals surface area contributed by atoms with Gasteiger partial charge in [0.2, 0.25) is 10.0 Å². The van der Waals surface area contributed by atoms with Gasteiger partial charge in [-0.05, 0) is 73.7 Å². The van der Waals surface area contributed by atoms with E-state index < -0.39 is 10.0 Å². The van der Waals surface area contributed by atoms with Crippen LogP contribution in [0.1, 0.15) is 29.9 Å². The molecule has 7 nitrogen and oxygen atoms in total. The van der Waals surface area contributed by atoms with Crippen molar-refractivity contribution in [3.63, 3.8) is 0 Å². The molecule has 3 rings (SSSR count). The van der Waals surface area contributed by atoms with Gasteiger partial charge >= 0.3 is 0 Å². The van der Waals surface area contributed by atoms with E-state index in [0.29, 0.717) is 23.8 Å². The lowest BCUT2D eigenvalue weighted by atomic mass is 9.89. The van der Waals surface area contributed by atoms with E-state index in [1.54, 1.807) is 12.3 Å². The summed E-state index contributed by atoms with van der Waals surface area (Å²) in [5.74, 6) is 0.388. The molecule has 1 aliphatic rings. The van der Waals surface area contributed by atoms with Crippen molar-refractivity contribution in [2.24, 2.45) is 5.11 Å². The lowest BCUT2D eigenvalue weighted by Gasteiger charge is -2.32. The summed E-state index contributed by atoms with van der Waals surface area (Å²) in [5.41, 5.74) is 12.1. The predicted octanol–water partition coefficient (Wildman–Crippen LogP) is 4.95. The zero-order valence-electron chi connectivity index (χ0n) is 18.4. The van der Waals surface area contributed by atoms with Gasteiger partial charge in [0.25, 0.3) is 0 Å². The highest BCUT2D eigenvalue weighted by molar-refractivity contribution is 7.92. The first kappa shape index (κ1) is 23.7. The molecular formula is C24H31N5O2S. The SMILES string of the molecule is C=CCc1cccc(N/C=C(/CN2CCC(c3cccc(NS(C)(=O)=O)c3)CC2)N=N)c1. The topological polar surface area (TPSA) is 97.7 Å². The second kappa shape index (κ2) is 11.1. The van der Waals surface area contributed by atoms with Crippen molar-refractivity contribution in [1.82, 2.24) is 4.90 Å². The average molecular weight is 454 g/mol. The Morgan fingerprint density at radius 1 is 1.19 bits per heavy atom. The minimum Gasteiger partial charge on any atom is -0.360 e. The minimum atomic E-state index is -3.28. The zero-order chi connectivity index (χ0) is 23.0. The average Bonchev–Trinajstić information content (AvgIpc) is 2.76. The molecule has 32 heavy (non-hydrogen) atoms. The van der Waals surface area contributed by atoms with Crippen LogP contribution in [0.5, 0.6) is 0 Å². The van der Waals surface area contributed by atoms with Crippen LogP contribution in [0.15, 0.2) is 78.2 Å². The first-order valence-electron chi connectivity index (χ1n) is 10.7. The van der Waals surface area contributed by atoms with Crippen molar-refractivity contribution in [3.05, 3.63) is 84.2 Å². The summed E-state index contributed by atoms with van der Waals surface area (Å²) in [5, 5.41) is 6.96. The van der Waals surface area contributed by atoms with Crippen molar-refractivity contribution >= 4 is 21.4 Å². The molecule has 1 fully saturated rings. The lowest BCUT2D eigenvalue weighted by molar-refractivity contribution is 0.227. The Bertz CT molecular complexity index is 1070. The number of allylic oxidation sites excluding steroid dienone is 1. The number of likely N-dealkylation sites (tertiary alicyclic amines) is 1. The monoisotopic (exact) mass is 453 g/mol. The van der Waals surface area contributed by atoms with Crippen LogP contribution < -0.4 is 10.0 Å². The van der Waals surface area contributed by atoms with E-state index in [9.17, 15) is 8.42 Å². The molecule has 1 saturated heterocycles. The van der Waals surface area contributed by atoms with Crippen molar-refractivity contribution in [2.75, 3.05) is 35.9 Å². The number of rotatable bonds is 10. The predicted molar refractivity (Wildman–Crippen MR) is 131 cm³/mol. The number of piperidine rings is 1. The van der Waals surface area contributed by atoms with Crippen molar-refractivity contribution in [1.29, 1.82) is 5.53 Å². The van der Waals surface area contributed by atoms with Gasteiger partial charge in [-0.15, -0.1) is 6.58 Å². The van der Waals surface area contributed by atoms with Crippen molar-refractivity contribution in [3.8, 4) is 0 Å². The number of anilines is 2. The number of hydrogen-bond donors (Lipinski definition) is 3. The fourth-order valence-electron chi connectivity index (χ4n) is 3.96. The van der Waals surface area contributed by atoms with Gasteiger partial charge < -0.3 is 5.32 Å². The van der Waals surface area contributed by atoms with Gasteiger partial charge in [0.15, 0.2) is 0 Å². The normalized spacial score (nSPS) is 15.8. The molecule has 0 spiro atoms. The van der Waals surface area contributed by atoms with Crippen LogP contribution in [0.2, 0.25) is 0 Å². The lowest BCUT2D eigenvalue weighted by Crippen LogP contribution is -2.34. The summed E-state index contributed by atoms with van der Waals surface area (Å²) in [6.07, 6.45) is 7.61. The molecule has 0 radical (unpaired) electrons. The highest BCUT2D eigenvalue weighted by atomic mass is 32.2. The number of hydrogen-bond acceptors (Lipinski definition) is 6. The molecular weight excluding hydrogens is 422 g/mol. The third kappa shape index (κ3) is 7.32. The molecule has 1 heterocycles. The van der Waals surface area contributed by atoms with Gasteiger partial charge in [-0.1, -0.05) is 30.3 Å². The van der Waals surface area contributed by atoms with E-state index in [2.05, 4.69) is 44.8 Å². The van der Waals surface area contributed by atoms with Gasteiger partial charge in [0, 0.05) is 24.1 Å². The van der Waals surface area contributed by atoms with E-state index in [4.69, 9.17) is 5.53 Å². The van der Waals surface area contributed by atoms with E-state index in [1.165, 1.54) is 5.56 Å². The van der Waals surface area contributed by atoms with E-state index in [1.807, 2.05) is 30.3 Å². The molecule has 0 aromatic heterocycles. The zero-order valence-corrected chi connectivity index (χ0v) is 19.2. The summed E-state index contributed by atoms with van der Waals surface area (Å²) in [6, 6.07) is 15.8. The molecule has 170 valence electrons. The van der Waals surface area contributed by atoms with Crippen LogP contribution in [0, 0.1) is 5.53 Å². The smallest absolute Gasteiger partial charge is 0.229 e. The Balaban J connectivity index is 1.55. The number of nitrogens with one attached hydrogen (secondary N) is 3. The fraction of sp³-hybridized carbons (Fsp3) is 0.333. The standard InChI is InChI=1S/C24H31N5O2S/c1-3-6-19-7-4-9-22(15-19)26-17-24(27-25)18-29-13-11-20(12-14-29)21-8-5-10-23(16-21)28-32(2,30)31/h3-5,7-10,15-17,20,25-26,28H,1,6,11-14,18H2,2H3/b24-17-,27-25?. The molecule has 0 atom stereocenters. The highest BCUT2D eigenvalue weighted by Gasteiger charge is 2.21. The summed E-state index contributed by atoms with van der Waals surface area (Å²) < 4.78 is 25.5. The summed E-state index contributed by atoms with van der Waals surface area (Å²) in [4.78, 5) is 2.30. The second-order valence-corrected chi connectivity index (χ2v) is 9.88. The van der Waals surface area contributed by atoms with Crippen molar-refractivity contribution < 1.29 is 8.42 Å². The van der Waals surface area contributed by atoms with Crippen molar-refractivity contribution in [2.45, 2.75) is 25.2 Å².